The zero-order valence-corrected chi connectivity index (χ0v) is 31.9. The first-order valence-corrected chi connectivity index (χ1v) is 19.4. The van der Waals surface area contributed by atoms with E-state index in [0.29, 0.717) is 80.1 Å². The molecule has 54 heavy (non-hydrogen) atoms. The van der Waals surface area contributed by atoms with Gasteiger partial charge in [0, 0.05) is 69.7 Å². The second kappa shape index (κ2) is 17.2. The molecule has 1 aliphatic rings. The largest absolute Gasteiger partial charge is 0.497 e. The molecule has 0 radical (unpaired) electrons. The fraction of sp³-hybridized carbons (Fsp3) is 0.333. The second-order valence-corrected chi connectivity index (χ2v) is 15.0. The first kappa shape index (κ1) is 38.3. The van der Waals surface area contributed by atoms with Crippen molar-refractivity contribution in [3.05, 3.63) is 107 Å². The third-order valence-corrected chi connectivity index (χ3v) is 10.5. The Kier molecular flexibility index (Phi) is 12.2. The Bertz CT molecular complexity index is 2100. The molecule has 1 saturated heterocycles. The van der Waals surface area contributed by atoms with E-state index in [0.717, 1.165) is 34.7 Å². The quantitative estimate of drug-likeness (QED) is 0.145. The van der Waals surface area contributed by atoms with Crippen LogP contribution < -0.4 is 24.4 Å². The van der Waals surface area contributed by atoms with Crippen LogP contribution in [0, 0.1) is 12.7 Å². The topological polar surface area (TPSA) is 135 Å². The normalized spacial score (nSPS) is 13.7. The lowest BCUT2D eigenvalue weighted by molar-refractivity contribution is 0.191. The van der Waals surface area contributed by atoms with Crippen molar-refractivity contribution in [1.82, 2.24) is 29.1 Å². The second-order valence-electron chi connectivity index (χ2n) is 13.0. The Morgan fingerprint density at radius 2 is 1.43 bits per heavy atom. The van der Waals surface area contributed by atoms with E-state index in [1.165, 1.54) is 29.9 Å². The van der Waals surface area contributed by atoms with E-state index in [1.54, 1.807) is 20.4 Å². The van der Waals surface area contributed by atoms with Crippen LogP contribution in [0.15, 0.2) is 79.1 Å². The number of nitrogens with zero attached hydrogens (tertiary/aromatic N) is 7. The van der Waals surface area contributed by atoms with Crippen LogP contribution in [-0.4, -0.2) is 97.9 Å². The maximum atomic E-state index is 14.7. The molecule has 0 spiro atoms. The lowest BCUT2D eigenvalue weighted by Crippen LogP contribution is -2.48. The van der Waals surface area contributed by atoms with Crippen LogP contribution in [0.1, 0.15) is 22.5 Å². The molecule has 15 heteroatoms. The average Bonchev–Trinajstić information content (AvgIpc) is 3.17. The molecule has 2 aromatic carbocycles. The molecule has 4 heterocycles. The van der Waals surface area contributed by atoms with Crippen molar-refractivity contribution < 1.29 is 27.0 Å². The minimum absolute atomic E-state index is 0.105. The van der Waals surface area contributed by atoms with Crippen LogP contribution in [0.25, 0.3) is 11.3 Å². The number of benzene rings is 2. The number of pyridine rings is 2. The van der Waals surface area contributed by atoms with Gasteiger partial charge in [-0.15, -0.1) is 0 Å². The van der Waals surface area contributed by atoms with Crippen LogP contribution in [0.3, 0.4) is 0 Å². The smallest absolute Gasteiger partial charge is 0.250 e. The Balaban J connectivity index is 1.35. The standard InChI is InChI=1S/C39H45FN8O5S/c1-27-43-36(22-37(44-27)47(25-28-6-10-32(51-2)11-7-28)26-29-8-12-33(52-3)13-9-29)34-20-30(14-15-46-16-18-48(19-17-46)54(5,49)50)23-41-38(34)45-31-21-35(40)39(53-4)42-24-31/h6-13,20-24H,14-19,25-26H2,1-5H3,(H,41,45). The highest BCUT2D eigenvalue weighted by molar-refractivity contribution is 7.88. The third kappa shape index (κ3) is 9.78. The SMILES string of the molecule is COc1ccc(CN(Cc2ccc(OC)cc2)c2cc(-c3cc(CCN4CCN(S(C)(=O)=O)CC4)cnc3Nc3cnc(OC)c(F)c3)nc(C)n2)cc1. The number of halogens is 1. The van der Waals surface area contributed by atoms with E-state index in [9.17, 15) is 12.8 Å². The minimum Gasteiger partial charge on any atom is -0.497 e. The fourth-order valence-electron chi connectivity index (χ4n) is 6.26. The summed E-state index contributed by atoms with van der Waals surface area (Å²) in [6, 6.07) is 21.2. The fourth-order valence-corrected chi connectivity index (χ4v) is 7.09. The highest BCUT2D eigenvalue weighted by Crippen LogP contribution is 2.32. The Hall–Kier alpha value is -5.38. The lowest BCUT2D eigenvalue weighted by Gasteiger charge is -2.33. The molecule has 1 N–H and O–H groups in total. The number of nitrogens with one attached hydrogen (secondary N) is 1. The van der Waals surface area contributed by atoms with Crippen LogP contribution in [-0.2, 0) is 29.5 Å². The molecule has 0 amide bonds. The van der Waals surface area contributed by atoms with Gasteiger partial charge >= 0.3 is 0 Å². The summed E-state index contributed by atoms with van der Waals surface area (Å²) >= 11 is 0. The van der Waals surface area contributed by atoms with Crippen LogP contribution in [0.4, 0.5) is 21.7 Å². The minimum atomic E-state index is -3.22. The molecule has 3 aromatic heterocycles. The van der Waals surface area contributed by atoms with E-state index < -0.39 is 15.8 Å². The number of anilines is 3. The number of aromatic nitrogens is 4. The van der Waals surface area contributed by atoms with Crippen LogP contribution in [0.5, 0.6) is 17.4 Å². The van der Waals surface area contributed by atoms with Crippen molar-refractivity contribution in [3.63, 3.8) is 0 Å². The molecule has 0 bridgehead atoms. The van der Waals surface area contributed by atoms with Crippen molar-refractivity contribution in [2.45, 2.75) is 26.4 Å². The first-order chi connectivity index (χ1) is 26.0. The lowest BCUT2D eigenvalue weighted by atomic mass is 10.1. The molecule has 6 rings (SSSR count). The van der Waals surface area contributed by atoms with Gasteiger partial charge in [0.1, 0.15) is 29.0 Å². The molecule has 13 nitrogen and oxygen atoms in total. The first-order valence-electron chi connectivity index (χ1n) is 17.5. The van der Waals surface area contributed by atoms with Crippen molar-refractivity contribution in [2.75, 3.05) is 70.5 Å². The Morgan fingerprint density at radius 3 is 1.98 bits per heavy atom. The van der Waals surface area contributed by atoms with Crippen molar-refractivity contribution >= 4 is 27.3 Å². The molecule has 1 aliphatic heterocycles. The third-order valence-electron chi connectivity index (χ3n) is 9.21. The van der Waals surface area contributed by atoms with Gasteiger partial charge in [0.25, 0.3) is 0 Å². The highest BCUT2D eigenvalue weighted by Gasteiger charge is 2.23. The van der Waals surface area contributed by atoms with Crippen molar-refractivity contribution in [3.8, 4) is 28.6 Å². The summed E-state index contributed by atoms with van der Waals surface area (Å²) in [6.45, 7) is 5.91. The van der Waals surface area contributed by atoms with Crippen molar-refractivity contribution in [1.29, 1.82) is 0 Å². The van der Waals surface area contributed by atoms with Gasteiger partial charge in [0.05, 0.1) is 45.2 Å². The molecule has 5 aromatic rings. The van der Waals surface area contributed by atoms with E-state index >= 15 is 0 Å². The molecular formula is C39H45FN8O5S. The van der Waals surface area contributed by atoms with Crippen LogP contribution in [0.2, 0.25) is 0 Å². The summed E-state index contributed by atoms with van der Waals surface area (Å²) in [5, 5.41) is 3.24. The van der Waals surface area contributed by atoms with Gasteiger partial charge < -0.3 is 29.3 Å². The van der Waals surface area contributed by atoms with Gasteiger partial charge in [-0.2, -0.15) is 4.31 Å². The van der Waals surface area contributed by atoms with Gasteiger partial charge in [0.2, 0.25) is 15.9 Å². The summed E-state index contributed by atoms with van der Waals surface area (Å²) in [4.78, 5) is 23.1. The molecule has 0 aliphatic carbocycles. The van der Waals surface area contributed by atoms with Gasteiger partial charge in [0.15, 0.2) is 5.82 Å². The zero-order chi connectivity index (χ0) is 38.2. The van der Waals surface area contributed by atoms with E-state index in [4.69, 9.17) is 29.2 Å². The summed E-state index contributed by atoms with van der Waals surface area (Å²) in [6.07, 6.45) is 5.20. The summed E-state index contributed by atoms with van der Waals surface area (Å²) in [7, 11) is 1.44. The number of ether oxygens (including phenoxy) is 3. The van der Waals surface area contributed by atoms with Gasteiger partial charge in [-0.05, 0) is 60.4 Å². The summed E-state index contributed by atoms with van der Waals surface area (Å²) < 4.78 is 56.1. The maximum absolute atomic E-state index is 14.7. The summed E-state index contributed by atoms with van der Waals surface area (Å²) in [5.41, 5.74) is 4.83. The Labute approximate surface area is 315 Å². The molecule has 0 atom stereocenters. The van der Waals surface area contributed by atoms with Crippen LogP contribution >= 0.6 is 0 Å². The Morgan fingerprint density at radius 1 is 0.796 bits per heavy atom. The van der Waals surface area contributed by atoms with E-state index in [2.05, 4.69) is 20.1 Å². The number of hydrogen-bond acceptors (Lipinski definition) is 12. The number of rotatable bonds is 15. The predicted molar refractivity (Wildman–Crippen MR) is 206 cm³/mol. The number of methoxy groups -OCH3 is 3. The molecule has 284 valence electrons. The molecule has 0 unspecified atom stereocenters. The van der Waals surface area contributed by atoms with E-state index in [1.807, 2.05) is 67.6 Å². The molecular weight excluding hydrogens is 712 g/mol. The highest BCUT2D eigenvalue weighted by atomic mass is 32.2. The predicted octanol–water partition coefficient (Wildman–Crippen LogP) is 5.48. The zero-order valence-electron chi connectivity index (χ0n) is 31.1. The van der Waals surface area contributed by atoms with Gasteiger partial charge in [-0.1, -0.05) is 24.3 Å². The molecule has 1 fully saturated rings. The average molecular weight is 757 g/mol. The van der Waals surface area contributed by atoms with Gasteiger partial charge in [-0.3, -0.25) is 0 Å². The number of sulfonamides is 1. The molecule has 0 saturated carbocycles. The monoisotopic (exact) mass is 756 g/mol. The number of hydrogen-bond donors (Lipinski definition) is 1. The van der Waals surface area contributed by atoms with Crippen molar-refractivity contribution in [2.24, 2.45) is 0 Å². The van der Waals surface area contributed by atoms with Gasteiger partial charge in [-0.25, -0.2) is 32.7 Å². The van der Waals surface area contributed by atoms with E-state index in [-0.39, 0.29) is 5.88 Å². The number of aryl methyl sites for hydroxylation is 1. The maximum Gasteiger partial charge on any atom is 0.250 e. The summed E-state index contributed by atoms with van der Waals surface area (Å²) in [5.74, 6) is 2.58. The number of piperazine rings is 1.